The van der Waals surface area contributed by atoms with Crippen molar-refractivity contribution in [1.29, 1.82) is 0 Å². The summed E-state index contributed by atoms with van der Waals surface area (Å²) in [7, 11) is -4.29. The van der Waals surface area contributed by atoms with E-state index in [2.05, 4.69) is 5.32 Å². The molecule has 0 aliphatic heterocycles. The standard InChI is InChI=1S/C8H8ClNO4S.K/c1-5(11)10-8-4-6(15(12,13)14)2-3-7(8)9;/h2-4H,1H3,(H,10,11)(H,12,13,14);. The van der Waals surface area contributed by atoms with Crippen molar-refractivity contribution < 1.29 is 17.8 Å². The molecule has 0 aliphatic rings. The van der Waals surface area contributed by atoms with Crippen LogP contribution < -0.4 is 5.32 Å². The fraction of sp³-hybridized carbons (Fsp3) is 0.125. The largest absolute Gasteiger partial charge is 0.325 e. The molecule has 83 valence electrons. The smallest absolute Gasteiger partial charge is 0.294 e. The van der Waals surface area contributed by atoms with Crippen molar-refractivity contribution in [3.05, 3.63) is 23.2 Å². The van der Waals surface area contributed by atoms with E-state index in [1.807, 2.05) is 0 Å². The number of carbonyl (C=O) groups excluding carboxylic acids is 1. The summed E-state index contributed by atoms with van der Waals surface area (Å²) in [6, 6.07) is 3.50. The molecule has 0 unspecified atom stereocenters. The zero-order valence-electron chi connectivity index (χ0n) is 8.69. The van der Waals surface area contributed by atoms with Crippen LogP contribution in [0.2, 0.25) is 5.02 Å². The van der Waals surface area contributed by atoms with E-state index in [9.17, 15) is 13.2 Å². The Labute approximate surface area is 141 Å². The Kier molecular flexibility index (Phi) is 6.67. The second-order valence-electron chi connectivity index (χ2n) is 2.80. The molecular weight excluding hydrogens is 281 g/mol. The first-order valence-electron chi connectivity index (χ1n) is 3.85. The van der Waals surface area contributed by atoms with Gasteiger partial charge in [-0.25, -0.2) is 0 Å². The van der Waals surface area contributed by atoms with Crippen LogP contribution in [-0.2, 0) is 14.9 Å². The Balaban J connectivity index is 0.00000225. The normalized spacial score (nSPS) is 10.4. The molecule has 0 heterocycles. The van der Waals surface area contributed by atoms with Gasteiger partial charge < -0.3 is 5.32 Å². The van der Waals surface area contributed by atoms with Gasteiger partial charge in [0.2, 0.25) is 5.91 Å². The van der Waals surface area contributed by atoms with Crippen molar-refractivity contribution in [1.82, 2.24) is 0 Å². The maximum atomic E-state index is 10.8. The molecule has 0 saturated heterocycles. The molecule has 0 saturated carbocycles. The van der Waals surface area contributed by atoms with Crippen molar-refractivity contribution in [2.75, 3.05) is 5.32 Å². The third-order valence-corrected chi connectivity index (χ3v) is 2.73. The molecule has 1 aromatic carbocycles. The Morgan fingerprint density at radius 1 is 1.44 bits per heavy atom. The molecule has 5 nitrogen and oxygen atoms in total. The van der Waals surface area contributed by atoms with E-state index >= 15 is 0 Å². The first-order valence-corrected chi connectivity index (χ1v) is 5.67. The van der Waals surface area contributed by atoms with Crippen molar-refractivity contribution in [2.24, 2.45) is 0 Å². The molecule has 1 amide bonds. The Bertz CT molecular complexity index is 503. The fourth-order valence-corrected chi connectivity index (χ4v) is 1.62. The SMILES string of the molecule is CC(=O)Nc1cc(S(=O)(=O)O)ccc1Cl.[K]. The Hall–Kier alpha value is 0.526. The first kappa shape index (κ1) is 16.5. The van der Waals surface area contributed by atoms with Gasteiger partial charge >= 0.3 is 0 Å². The van der Waals surface area contributed by atoms with E-state index in [0.717, 1.165) is 12.1 Å². The molecule has 0 atom stereocenters. The minimum absolute atomic E-state index is 0. The van der Waals surface area contributed by atoms with Gasteiger partial charge in [0.15, 0.2) is 0 Å². The molecule has 0 aliphatic carbocycles. The molecule has 8 heteroatoms. The zero-order chi connectivity index (χ0) is 11.6. The van der Waals surface area contributed by atoms with Gasteiger partial charge in [0.25, 0.3) is 10.1 Å². The maximum Gasteiger partial charge on any atom is 0.294 e. The van der Waals surface area contributed by atoms with E-state index in [1.165, 1.54) is 13.0 Å². The number of rotatable bonds is 2. The van der Waals surface area contributed by atoms with E-state index < -0.39 is 10.1 Å². The molecule has 1 aromatic rings. The second kappa shape index (κ2) is 6.46. The zero-order valence-corrected chi connectivity index (χ0v) is 13.4. The van der Waals surface area contributed by atoms with Gasteiger partial charge in [0, 0.05) is 58.3 Å². The van der Waals surface area contributed by atoms with Gasteiger partial charge in [-0.1, -0.05) is 11.6 Å². The van der Waals surface area contributed by atoms with Crippen LogP contribution in [0.15, 0.2) is 23.1 Å². The van der Waals surface area contributed by atoms with E-state index in [1.54, 1.807) is 0 Å². The van der Waals surface area contributed by atoms with E-state index in [4.69, 9.17) is 16.2 Å². The fourth-order valence-electron chi connectivity index (χ4n) is 0.950. The number of halogens is 1. The molecule has 16 heavy (non-hydrogen) atoms. The predicted molar refractivity (Wildman–Crippen MR) is 61.3 cm³/mol. The van der Waals surface area contributed by atoms with Crippen molar-refractivity contribution in [2.45, 2.75) is 11.8 Å². The maximum absolute atomic E-state index is 10.8. The number of nitrogens with one attached hydrogen (secondary N) is 1. The van der Waals surface area contributed by atoms with Crippen LogP contribution in [0.5, 0.6) is 0 Å². The van der Waals surface area contributed by atoms with Crippen molar-refractivity contribution in [3.8, 4) is 0 Å². The summed E-state index contributed by atoms with van der Waals surface area (Å²) >= 11 is 5.70. The summed E-state index contributed by atoms with van der Waals surface area (Å²) in [6.45, 7) is 1.26. The van der Waals surface area contributed by atoms with Gasteiger partial charge in [-0.2, -0.15) is 8.42 Å². The number of carbonyl (C=O) groups is 1. The van der Waals surface area contributed by atoms with Crippen LogP contribution >= 0.6 is 11.6 Å². The van der Waals surface area contributed by atoms with Crippen LogP contribution in [-0.4, -0.2) is 70.3 Å². The van der Waals surface area contributed by atoms with Crippen LogP contribution in [0.25, 0.3) is 0 Å². The molecule has 2 N–H and O–H groups in total. The molecule has 0 fully saturated rings. The predicted octanol–water partition coefficient (Wildman–Crippen LogP) is 1.16. The summed E-state index contributed by atoms with van der Waals surface area (Å²) in [5.41, 5.74) is 0.138. The molecule has 0 spiro atoms. The second-order valence-corrected chi connectivity index (χ2v) is 4.63. The van der Waals surface area contributed by atoms with Gasteiger partial charge in [-0.3, -0.25) is 9.35 Å². The minimum atomic E-state index is -4.29. The van der Waals surface area contributed by atoms with Gasteiger partial charge in [-0.15, -0.1) is 0 Å². The molecular formula is C8H8ClKNO4S. The Morgan fingerprint density at radius 3 is 2.44 bits per heavy atom. The number of amides is 1. The summed E-state index contributed by atoms with van der Waals surface area (Å²) in [6.07, 6.45) is 0. The van der Waals surface area contributed by atoms with E-state index in [0.29, 0.717) is 0 Å². The summed E-state index contributed by atoms with van der Waals surface area (Å²) in [4.78, 5) is 10.4. The summed E-state index contributed by atoms with van der Waals surface area (Å²) in [5, 5.41) is 2.53. The molecule has 0 bridgehead atoms. The average Bonchev–Trinajstić information content (AvgIpc) is 2.06. The number of anilines is 1. The third kappa shape index (κ3) is 4.80. The summed E-state index contributed by atoms with van der Waals surface area (Å²) < 4.78 is 30.3. The van der Waals surface area contributed by atoms with Gasteiger partial charge in [-0.05, 0) is 18.2 Å². The summed E-state index contributed by atoms with van der Waals surface area (Å²) in [5.74, 6) is -0.385. The molecule has 1 rings (SSSR count). The number of hydrogen-bond acceptors (Lipinski definition) is 3. The molecule has 0 aromatic heterocycles. The monoisotopic (exact) mass is 288 g/mol. The van der Waals surface area contributed by atoms with Crippen molar-refractivity contribution >= 4 is 84.7 Å². The number of hydrogen-bond donors (Lipinski definition) is 2. The minimum Gasteiger partial charge on any atom is -0.325 e. The Morgan fingerprint density at radius 2 is 2.00 bits per heavy atom. The van der Waals surface area contributed by atoms with Gasteiger partial charge in [0.1, 0.15) is 0 Å². The van der Waals surface area contributed by atoms with Crippen LogP contribution in [0.4, 0.5) is 5.69 Å². The van der Waals surface area contributed by atoms with Crippen LogP contribution in [0, 0.1) is 0 Å². The first-order chi connectivity index (χ1) is 6.80. The van der Waals surface area contributed by atoms with Crippen molar-refractivity contribution in [3.63, 3.8) is 0 Å². The van der Waals surface area contributed by atoms with Crippen LogP contribution in [0.3, 0.4) is 0 Å². The average molecular weight is 289 g/mol. The number of benzene rings is 1. The van der Waals surface area contributed by atoms with Gasteiger partial charge in [0.05, 0.1) is 15.6 Å². The third-order valence-electron chi connectivity index (χ3n) is 1.55. The molecule has 1 radical (unpaired) electrons. The van der Waals surface area contributed by atoms with Crippen LogP contribution in [0.1, 0.15) is 6.92 Å². The topological polar surface area (TPSA) is 83.5 Å². The quantitative estimate of drug-likeness (QED) is 0.632. The van der Waals surface area contributed by atoms with E-state index in [-0.39, 0.29) is 72.9 Å².